The highest BCUT2D eigenvalue weighted by Gasteiger charge is 2.47. The zero-order valence-corrected chi connectivity index (χ0v) is 10.7. The SMILES string of the molecule is O=S(=O)(OCCCOCc1ccccc1)C(F)(F)F. The van der Waals surface area contributed by atoms with Crippen LogP contribution in [0.3, 0.4) is 0 Å². The van der Waals surface area contributed by atoms with Crippen LogP contribution in [0.25, 0.3) is 0 Å². The molecule has 0 heterocycles. The summed E-state index contributed by atoms with van der Waals surface area (Å²) >= 11 is 0. The third-order valence-corrected chi connectivity index (χ3v) is 3.11. The molecule has 0 fully saturated rings. The van der Waals surface area contributed by atoms with Crippen molar-refractivity contribution in [3.63, 3.8) is 0 Å². The van der Waals surface area contributed by atoms with Crippen LogP contribution in [0.2, 0.25) is 0 Å². The van der Waals surface area contributed by atoms with Crippen LogP contribution in [0.5, 0.6) is 0 Å². The van der Waals surface area contributed by atoms with Crippen LogP contribution in [0.1, 0.15) is 12.0 Å². The van der Waals surface area contributed by atoms with Crippen molar-refractivity contribution < 1.29 is 30.5 Å². The Balaban J connectivity index is 2.16. The molecular weight excluding hydrogens is 285 g/mol. The highest BCUT2D eigenvalue weighted by molar-refractivity contribution is 7.87. The third-order valence-electron chi connectivity index (χ3n) is 2.07. The van der Waals surface area contributed by atoms with Gasteiger partial charge in [-0.15, -0.1) is 0 Å². The number of benzene rings is 1. The van der Waals surface area contributed by atoms with Crippen molar-refractivity contribution >= 4 is 10.1 Å². The van der Waals surface area contributed by atoms with Gasteiger partial charge in [0, 0.05) is 6.61 Å². The lowest BCUT2D eigenvalue weighted by Crippen LogP contribution is -2.26. The summed E-state index contributed by atoms with van der Waals surface area (Å²) in [7, 11) is -5.49. The van der Waals surface area contributed by atoms with E-state index in [0.717, 1.165) is 5.56 Å². The molecule has 0 saturated heterocycles. The zero-order chi connectivity index (χ0) is 14.4. The van der Waals surface area contributed by atoms with E-state index in [1.807, 2.05) is 30.3 Å². The van der Waals surface area contributed by atoms with Gasteiger partial charge in [0.05, 0.1) is 13.2 Å². The van der Waals surface area contributed by atoms with E-state index in [2.05, 4.69) is 4.18 Å². The van der Waals surface area contributed by atoms with Crippen molar-refractivity contribution in [1.82, 2.24) is 0 Å². The molecule has 108 valence electrons. The smallest absolute Gasteiger partial charge is 0.377 e. The molecule has 0 aliphatic carbocycles. The lowest BCUT2D eigenvalue weighted by Gasteiger charge is -2.08. The van der Waals surface area contributed by atoms with Crippen molar-refractivity contribution in [1.29, 1.82) is 0 Å². The van der Waals surface area contributed by atoms with E-state index in [0.29, 0.717) is 6.61 Å². The quantitative estimate of drug-likeness (QED) is 0.441. The molecule has 0 aromatic heterocycles. The monoisotopic (exact) mass is 298 g/mol. The predicted molar refractivity (Wildman–Crippen MR) is 61.6 cm³/mol. The number of hydrogen-bond acceptors (Lipinski definition) is 4. The molecule has 0 N–H and O–H groups in total. The van der Waals surface area contributed by atoms with E-state index in [9.17, 15) is 21.6 Å². The minimum atomic E-state index is -5.49. The second-order valence-corrected chi connectivity index (χ2v) is 5.22. The van der Waals surface area contributed by atoms with Gasteiger partial charge in [-0.25, -0.2) is 0 Å². The number of rotatable bonds is 7. The van der Waals surface area contributed by atoms with E-state index in [1.165, 1.54) is 0 Å². The maximum atomic E-state index is 11.9. The molecule has 19 heavy (non-hydrogen) atoms. The summed E-state index contributed by atoms with van der Waals surface area (Å²) in [6.07, 6.45) is 0.0577. The molecule has 0 unspecified atom stereocenters. The topological polar surface area (TPSA) is 52.6 Å². The van der Waals surface area contributed by atoms with Gasteiger partial charge in [0.15, 0.2) is 0 Å². The van der Waals surface area contributed by atoms with Gasteiger partial charge in [0.2, 0.25) is 0 Å². The summed E-state index contributed by atoms with van der Waals surface area (Å²) in [5, 5.41) is 0. The Bertz CT molecular complexity index is 470. The van der Waals surface area contributed by atoms with E-state index >= 15 is 0 Å². The average Bonchev–Trinajstić information content (AvgIpc) is 2.33. The first-order valence-corrected chi connectivity index (χ1v) is 6.81. The van der Waals surface area contributed by atoms with Crippen molar-refractivity contribution in [2.24, 2.45) is 0 Å². The molecule has 0 radical (unpaired) electrons. The van der Waals surface area contributed by atoms with Gasteiger partial charge in [-0.05, 0) is 12.0 Å². The van der Waals surface area contributed by atoms with Crippen LogP contribution in [0.4, 0.5) is 13.2 Å². The summed E-state index contributed by atoms with van der Waals surface area (Å²) in [6, 6.07) is 9.18. The highest BCUT2D eigenvalue weighted by Crippen LogP contribution is 2.24. The van der Waals surface area contributed by atoms with E-state index < -0.39 is 22.2 Å². The fraction of sp³-hybridized carbons (Fsp3) is 0.455. The lowest BCUT2D eigenvalue weighted by atomic mass is 10.2. The van der Waals surface area contributed by atoms with Crippen LogP contribution >= 0.6 is 0 Å². The van der Waals surface area contributed by atoms with Crippen LogP contribution < -0.4 is 0 Å². The van der Waals surface area contributed by atoms with Gasteiger partial charge >= 0.3 is 15.6 Å². The first-order valence-electron chi connectivity index (χ1n) is 5.40. The molecule has 0 bridgehead atoms. The van der Waals surface area contributed by atoms with E-state index in [-0.39, 0.29) is 13.0 Å². The third kappa shape index (κ3) is 5.58. The standard InChI is InChI=1S/C11H13F3O4S/c12-11(13,14)19(15,16)18-8-4-7-17-9-10-5-2-1-3-6-10/h1-3,5-6H,4,7-9H2. The van der Waals surface area contributed by atoms with Gasteiger partial charge < -0.3 is 4.74 Å². The first kappa shape index (κ1) is 15.9. The Morgan fingerprint density at radius 3 is 2.26 bits per heavy atom. The molecule has 1 aromatic carbocycles. The fourth-order valence-electron chi connectivity index (χ4n) is 1.16. The molecule has 8 heteroatoms. The Kier molecular flexibility index (Phi) is 5.77. The summed E-state index contributed by atoms with van der Waals surface area (Å²) < 4.78 is 65.7. The Morgan fingerprint density at radius 1 is 1.05 bits per heavy atom. The van der Waals surface area contributed by atoms with Crippen LogP contribution in [0, 0.1) is 0 Å². The summed E-state index contributed by atoms with van der Waals surface area (Å²) in [5.41, 5.74) is -4.45. The summed E-state index contributed by atoms with van der Waals surface area (Å²) in [6.45, 7) is -0.133. The second-order valence-electron chi connectivity index (χ2n) is 3.61. The predicted octanol–water partition coefficient (Wildman–Crippen LogP) is 2.46. The Labute approximate surface area is 109 Å². The van der Waals surface area contributed by atoms with Gasteiger partial charge in [-0.1, -0.05) is 30.3 Å². The number of hydrogen-bond donors (Lipinski definition) is 0. The summed E-state index contributed by atoms with van der Waals surface area (Å²) in [5.74, 6) is 0. The summed E-state index contributed by atoms with van der Waals surface area (Å²) in [4.78, 5) is 0. The van der Waals surface area contributed by atoms with Crippen molar-refractivity contribution in [2.45, 2.75) is 18.5 Å². The molecule has 0 aliphatic heterocycles. The maximum Gasteiger partial charge on any atom is 0.523 e. The second kappa shape index (κ2) is 6.88. The van der Waals surface area contributed by atoms with Crippen LogP contribution in [-0.4, -0.2) is 27.1 Å². The largest absolute Gasteiger partial charge is 0.523 e. The minimum absolute atomic E-state index is 0.0577. The molecule has 1 aromatic rings. The Hall–Kier alpha value is -1.12. The molecule has 0 saturated carbocycles. The number of ether oxygens (including phenoxy) is 1. The normalized spacial score (nSPS) is 12.6. The van der Waals surface area contributed by atoms with E-state index in [1.54, 1.807) is 0 Å². The van der Waals surface area contributed by atoms with Gasteiger partial charge in [-0.3, -0.25) is 4.18 Å². The van der Waals surface area contributed by atoms with Crippen molar-refractivity contribution in [2.75, 3.05) is 13.2 Å². The number of halogens is 3. The Morgan fingerprint density at radius 2 is 1.68 bits per heavy atom. The van der Waals surface area contributed by atoms with E-state index in [4.69, 9.17) is 4.74 Å². The fourth-order valence-corrected chi connectivity index (χ4v) is 1.63. The molecular formula is C11H13F3O4S. The van der Waals surface area contributed by atoms with Crippen molar-refractivity contribution in [3.8, 4) is 0 Å². The number of alkyl halides is 3. The zero-order valence-electron chi connectivity index (χ0n) is 9.89. The van der Waals surface area contributed by atoms with Crippen molar-refractivity contribution in [3.05, 3.63) is 35.9 Å². The molecule has 0 amide bonds. The molecule has 4 nitrogen and oxygen atoms in total. The first-order chi connectivity index (χ1) is 8.83. The molecule has 0 atom stereocenters. The maximum absolute atomic E-state index is 11.9. The minimum Gasteiger partial charge on any atom is -0.377 e. The van der Waals surface area contributed by atoms with Crippen LogP contribution in [0.15, 0.2) is 30.3 Å². The molecule has 1 rings (SSSR count). The van der Waals surface area contributed by atoms with Gasteiger partial charge in [0.25, 0.3) is 0 Å². The molecule has 0 spiro atoms. The molecule has 0 aliphatic rings. The van der Waals surface area contributed by atoms with Crippen LogP contribution in [-0.2, 0) is 25.6 Å². The lowest BCUT2D eigenvalue weighted by molar-refractivity contribution is -0.0546. The van der Waals surface area contributed by atoms with Gasteiger partial charge in [0.1, 0.15) is 0 Å². The average molecular weight is 298 g/mol. The highest BCUT2D eigenvalue weighted by atomic mass is 32.2. The van der Waals surface area contributed by atoms with Gasteiger partial charge in [-0.2, -0.15) is 21.6 Å².